The van der Waals surface area contributed by atoms with Crippen molar-refractivity contribution in [2.45, 2.75) is 25.4 Å². The molecule has 1 saturated heterocycles. The maximum atomic E-state index is 13.2. The van der Waals surface area contributed by atoms with Crippen LogP contribution in [-0.4, -0.2) is 57.5 Å². The summed E-state index contributed by atoms with van der Waals surface area (Å²) in [5.74, 6) is -1.69. The van der Waals surface area contributed by atoms with Crippen molar-refractivity contribution in [1.29, 1.82) is 0 Å². The summed E-state index contributed by atoms with van der Waals surface area (Å²) in [6, 6.07) is 5.98. The second-order valence-electron chi connectivity index (χ2n) is 6.46. The van der Waals surface area contributed by atoms with Crippen LogP contribution in [0.4, 0.5) is 4.39 Å². The van der Waals surface area contributed by atoms with Gasteiger partial charge in [0.25, 0.3) is 5.91 Å². The highest BCUT2D eigenvalue weighted by molar-refractivity contribution is 5.94. The fourth-order valence-corrected chi connectivity index (χ4v) is 3.54. The number of carboxylic acids is 1. The Morgan fingerprint density at radius 2 is 2.00 bits per heavy atom. The van der Waals surface area contributed by atoms with E-state index in [1.165, 1.54) is 17.0 Å². The fourth-order valence-electron chi connectivity index (χ4n) is 3.54. The highest BCUT2D eigenvalue weighted by Gasteiger charge is 2.34. The molecule has 0 spiro atoms. The van der Waals surface area contributed by atoms with E-state index in [0.29, 0.717) is 17.9 Å². The Morgan fingerprint density at radius 1 is 1.23 bits per heavy atom. The van der Waals surface area contributed by atoms with Crippen LogP contribution in [0.2, 0.25) is 0 Å². The highest BCUT2D eigenvalue weighted by atomic mass is 19.1. The molecule has 0 saturated carbocycles. The van der Waals surface area contributed by atoms with Crippen molar-refractivity contribution in [3.8, 4) is 5.69 Å². The molecule has 2 heterocycles. The van der Waals surface area contributed by atoms with Gasteiger partial charge in [-0.2, -0.15) is 5.10 Å². The molecular formula is C18H18FN3O4. The summed E-state index contributed by atoms with van der Waals surface area (Å²) in [5, 5.41) is 13.6. The van der Waals surface area contributed by atoms with Gasteiger partial charge in [-0.3, -0.25) is 4.79 Å². The van der Waals surface area contributed by atoms with Gasteiger partial charge >= 0.3 is 5.97 Å². The molecule has 1 aromatic carbocycles. The van der Waals surface area contributed by atoms with E-state index in [2.05, 4.69) is 5.10 Å². The van der Waals surface area contributed by atoms with E-state index in [9.17, 15) is 14.0 Å². The third-order valence-electron chi connectivity index (χ3n) is 4.83. The Hall–Kier alpha value is -2.74. The summed E-state index contributed by atoms with van der Waals surface area (Å²) in [5.41, 5.74) is 2.92. The van der Waals surface area contributed by atoms with Crippen LogP contribution in [0, 0.1) is 5.82 Å². The molecule has 7 nitrogen and oxygen atoms in total. The molecule has 1 fully saturated rings. The van der Waals surface area contributed by atoms with Crippen LogP contribution in [0.3, 0.4) is 0 Å². The van der Waals surface area contributed by atoms with Crippen molar-refractivity contribution in [3.05, 3.63) is 47.0 Å². The summed E-state index contributed by atoms with van der Waals surface area (Å²) >= 11 is 0. The number of nitrogens with zero attached hydrogens (tertiary/aromatic N) is 3. The zero-order valence-electron chi connectivity index (χ0n) is 14.0. The van der Waals surface area contributed by atoms with Gasteiger partial charge in [-0.1, -0.05) is 0 Å². The quantitative estimate of drug-likeness (QED) is 0.896. The van der Waals surface area contributed by atoms with Gasteiger partial charge in [-0.15, -0.1) is 0 Å². The standard InChI is InChI=1S/C18H18FN3O4/c19-11-4-6-12(7-5-11)22-14-3-1-2-13(14)16(20-22)17(23)21-8-9-26-15(10-21)18(24)25/h4-7,15H,1-3,8-10H2,(H,24,25). The zero-order chi connectivity index (χ0) is 18.3. The molecule has 1 aliphatic heterocycles. The molecule has 0 bridgehead atoms. The molecule has 1 N–H and O–H groups in total. The van der Waals surface area contributed by atoms with E-state index >= 15 is 0 Å². The molecule has 1 atom stereocenters. The Morgan fingerprint density at radius 3 is 2.73 bits per heavy atom. The van der Waals surface area contributed by atoms with Crippen molar-refractivity contribution in [2.24, 2.45) is 0 Å². The smallest absolute Gasteiger partial charge is 0.334 e. The van der Waals surface area contributed by atoms with Crippen molar-refractivity contribution < 1.29 is 23.8 Å². The normalized spacial score (nSPS) is 19.4. The van der Waals surface area contributed by atoms with E-state index in [0.717, 1.165) is 30.5 Å². The summed E-state index contributed by atoms with van der Waals surface area (Å²) < 4.78 is 20.1. The van der Waals surface area contributed by atoms with E-state index in [-0.39, 0.29) is 24.9 Å². The summed E-state index contributed by atoms with van der Waals surface area (Å²) in [4.78, 5) is 25.6. The van der Waals surface area contributed by atoms with Gasteiger partial charge in [0.05, 0.1) is 18.8 Å². The fraction of sp³-hybridized carbons (Fsp3) is 0.389. The van der Waals surface area contributed by atoms with Gasteiger partial charge in [-0.05, 0) is 43.5 Å². The predicted molar refractivity (Wildman–Crippen MR) is 88.8 cm³/mol. The number of halogens is 1. The first kappa shape index (κ1) is 16.7. The second kappa shape index (κ2) is 6.53. The predicted octanol–water partition coefficient (Wildman–Crippen LogP) is 1.43. The summed E-state index contributed by atoms with van der Waals surface area (Å²) in [7, 11) is 0. The largest absolute Gasteiger partial charge is 0.479 e. The topological polar surface area (TPSA) is 84.7 Å². The molecule has 1 amide bonds. The van der Waals surface area contributed by atoms with Crippen LogP contribution >= 0.6 is 0 Å². The van der Waals surface area contributed by atoms with Crippen LogP contribution in [0.15, 0.2) is 24.3 Å². The van der Waals surface area contributed by atoms with Gasteiger partial charge in [0.1, 0.15) is 5.82 Å². The number of morpholine rings is 1. The van der Waals surface area contributed by atoms with Gasteiger partial charge < -0.3 is 14.7 Å². The molecule has 1 aliphatic carbocycles. The summed E-state index contributed by atoms with van der Waals surface area (Å²) in [6.45, 7) is 0.525. The molecule has 136 valence electrons. The number of aliphatic carboxylic acids is 1. The Labute approximate surface area is 149 Å². The number of carbonyl (C=O) groups excluding carboxylic acids is 1. The van der Waals surface area contributed by atoms with Crippen molar-refractivity contribution in [3.63, 3.8) is 0 Å². The van der Waals surface area contributed by atoms with Crippen LogP contribution in [-0.2, 0) is 22.4 Å². The molecule has 1 unspecified atom stereocenters. The lowest BCUT2D eigenvalue weighted by molar-refractivity contribution is -0.154. The maximum absolute atomic E-state index is 13.2. The molecule has 2 aliphatic rings. The number of fused-ring (bicyclic) bond motifs is 1. The van der Waals surface area contributed by atoms with Crippen LogP contribution in [0.1, 0.15) is 28.2 Å². The average molecular weight is 359 g/mol. The maximum Gasteiger partial charge on any atom is 0.334 e. The van der Waals surface area contributed by atoms with E-state index < -0.39 is 12.1 Å². The Kier molecular flexibility index (Phi) is 4.20. The number of amides is 1. The SMILES string of the molecule is O=C(O)C1CN(C(=O)c2nn(-c3ccc(F)cc3)c3c2CCC3)CCO1. The van der Waals surface area contributed by atoms with Crippen LogP contribution in [0.25, 0.3) is 5.69 Å². The van der Waals surface area contributed by atoms with Gasteiger partial charge in [0, 0.05) is 17.8 Å². The van der Waals surface area contributed by atoms with Crippen molar-refractivity contribution in [1.82, 2.24) is 14.7 Å². The molecule has 8 heteroatoms. The molecule has 1 aromatic heterocycles. The molecule has 0 radical (unpaired) electrons. The highest BCUT2D eigenvalue weighted by Crippen LogP contribution is 2.29. The third-order valence-corrected chi connectivity index (χ3v) is 4.83. The molecular weight excluding hydrogens is 341 g/mol. The molecule has 2 aromatic rings. The van der Waals surface area contributed by atoms with Crippen molar-refractivity contribution >= 4 is 11.9 Å². The van der Waals surface area contributed by atoms with Crippen LogP contribution < -0.4 is 0 Å². The Balaban J connectivity index is 1.67. The van der Waals surface area contributed by atoms with E-state index in [1.54, 1.807) is 16.8 Å². The number of hydrogen-bond donors (Lipinski definition) is 1. The van der Waals surface area contributed by atoms with Gasteiger partial charge in [-0.25, -0.2) is 13.9 Å². The summed E-state index contributed by atoms with van der Waals surface area (Å²) in [6.07, 6.45) is 1.47. The molecule has 4 rings (SSSR count). The minimum atomic E-state index is -1.08. The lowest BCUT2D eigenvalue weighted by atomic mass is 10.1. The lowest BCUT2D eigenvalue weighted by Gasteiger charge is -2.30. The van der Waals surface area contributed by atoms with E-state index in [4.69, 9.17) is 9.84 Å². The number of carbonyl (C=O) groups is 2. The van der Waals surface area contributed by atoms with Gasteiger partial charge in [0.15, 0.2) is 11.8 Å². The van der Waals surface area contributed by atoms with Crippen LogP contribution in [0.5, 0.6) is 0 Å². The number of benzene rings is 1. The Bertz CT molecular complexity index is 862. The molecule has 26 heavy (non-hydrogen) atoms. The average Bonchev–Trinajstić information content (AvgIpc) is 3.25. The minimum Gasteiger partial charge on any atom is -0.479 e. The number of ether oxygens (including phenoxy) is 1. The number of aromatic nitrogens is 2. The first-order chi connectivity index (χ1) is 12.5. The van der Waals surface area contributed by atoms with Crippen molar-refractivity contribution in [2.75, 3.05) is 19.7 Å². The first-order valence-electron chi connectivity index (χ1n) is 8.55. The van der Waals surface area contributed by atoms with E-state index in [1.807, 2.05) is 0 Å². The van der Waals surface area contributed by atoms with Gasteiger partial charge in [0.2, 0.25) is 0 Å². The minimum absolute atomic E-state index is 0.00630. The second-order valence-corrected chi connectivity index (χ2v) is 6.46. The third kappa shape index (κ3) is 2.86. The first-order valence-corrected chi connectivity index (χ1v) is 8.55. The lowest BCUT2D eigenvalue weighted by Crippen LogP contribution is -2.48. The number of carboxylic acid groups (broad SMARTS) is 1. The monoisotopic (exact) mass is 359 g/mol. The number of hydrogen-bond acceptors (Lipinski definition) is 4. The number of rotatable bonds is 3. The zero-order valence-corrected chi connectivity index (χ0v) is 14.0.